The number of hydrogen-bond donors (Lipinski definition) is 1. The third-order valence-electron chi connectivity index (χ3n) is 2.90. The monoisotopic (exact) mass is 261 g/mol. The zero-order valence-electron chi connectivity index (χ0n) is 11.8. The first-order valence-corrected chi connectivity index (χ1v) is 6.70. The van der Waals surface area contributed by atoms with Crippen molar-refractivity contribution in [3.8, 4) is 0 Å². The molecule has 1 aromatic carbocycles. The van der Waals surface area contributed by atoms with Gasteiger partial charge in [-0.15, -0.1) is 6.58 Å². The standard InChI is InChI=1S/C16H23NO2/c1-4-8-13(2)11-14(3)17-16(18)19-12-15-9-6-5-7-10-15/h4-7,9-10,13-14H,1,8,11-12H2,2-3H3,(H,17,18)/t13-,14-/m1/s1. The predicted molar refractivity (Wildman–Crippen MR) is 77.8 cm³/mol. The Kier molecular flexibility index (Phi) is 6.72. The van der Waals surface area contributed by atoms with Crippen LogP contribution in [-0.2, 0) is 11.3 Å². The Hall–Kier alpha value is -1.77. The highest BCUT2D eigenvalue weighted by Gasteiger charge is 2.11. The van der Waals surface area contributed by atoms with Gasteiger partial charge in [0.1, 0.15) is 6.61 Å². The average molecular weight is 261 g/mol. The van der Waals surface area contributed by atoms with Crippen molar-refractivity contribution in [3.63, 3.8) is 0 Å². The Labute approximate surface area is 115 Å². The lowest BCUT2D eigenvalue weighted by molar-refractivity contribution is 0.135. The molecule has 0 aliphatic carbocycles. The summed E-state index contributed by atoms with van der Waals surface area (Å²) in [5.74, 6) is 0.516. The van der Waals surface area contributed by atoms with Crippen LogP contribution in [0.15, 0.2) is 43.0 Å². The Morgan fingerprint density at radius 1 is 1.37 bits per heavy atom. The van der Waals surface area contributed by atoms with Crippen molar-refractivity contribution < 1.29 is 9.53 Å². The summed E-state index contributed by atoms with van der Waals surface area (Å²) < 4.78 is 5.17. The fraction of sp³-hybridized carbons (Fsp3) is 0.438. The minimum absolute atomic E-state index is 0.109. The van der Waals surface area contributed by atoms with Crippen LogP contribution in [0.3, 0.4) is 0 Å². The third-order valence-corrected chi connectivity index (χ3v) is 2.90. The van der Waals surface area contributed by atoms with Gasteiger partial charge in [0, 0.05) is 6.04 Å². The first kappa shape index (κ1) is 15.3. The van der Waals surface area contributed by atoms with Crippen LogP contribution in [0, 0.1) is 5.92 Å². The number of carbonyl (C=O) groups is 1. The van der Waals surface area contributed by atoms with E-state index in [4.69, 9.17) is 4.74 Å². The fourth-order valence-corrected chi connectivity index (χ4v) is 2.01. The predicted octanol–water partition coefficient (Wildman–Crippen LogP) is 3.90. The minimum Gasteiger partial charge on any atom is -0.445 e. The van der Waals surface area contributed by atoms with Gasteiger partial charge in [0.25, 0.3) is 0 Å². The van der Waals surface area contributed by atoms with Crippen molar-refractivity contribution >= 4 is 6.09 Å². The molecule has 0 spiro atoms. The maximum Gasteiger partial charge on any atom is 0.407 e. The van der Waals surface area contributed by atoms with Gasteiger partial charge in [-0.25, -0.2) is 4.79 Å². The molecule has 0 fully saturated rings. The van der Waals surface area contributed by atoms with E-state index in [1.165, 1.54) is 0 Å². The van der Waals surface area contributed by atoms with Crippen LogP contribution >= 0.6 is 0 Å². The highest BCUT2D eigenvalue weighted by Crippen LogP contribution is 2.10. The minimum atomic E-state index is -0.359. The molecule has 0 radical (unpaired) electrons. The maximum atomic E-state index is 11.6. The van der Waals surface area contributed by atoms with Gasteiger partial charge >= 0.3 is 6.09 Å². The van der Waals surface area contributed by atoms with E-state index in [0.717, 1.165) is 18.4 Å². The molecule has 104 valence electrons. The molecule has 0 bridgehead atoms. The second-order valence-electron chi connectivity index (χ2n) is 4.97. The summed E-state index contributed by atoms with van der Waals surface area (Å²) in [5, 5.41) is 2.84. The molecule has 0 saturated carbocycles. The van der Waals surface area contributed by atoms with E-state index in [1.54, 1.807) is 0 Å². The Bertz CT molecular complexity index is 389. The normalized spacial score (nSPS) is 13.4. The highest BCUT2D eigenvalue weighted by atomic mass is 16.5. The van der Waals surface area contributed by atoms with E-state index in [9.17, 15) is 4.79 Å². The summed E-state index contributed by atoms with van der Waals surface area (Å²) in [6.45, 7) is 8.16. The van der Waals surface area contributed by atoms with Gasteiger partial charge in [0.15, 0.2) is 0 Å². The van der Waals surface area contributed by atoms with Crippen LogP contribution in [0.4, 0.5) is 4.79 Å². The Balaban J connectivity index is 2.25. The van der Waals surface area contributed by atoms with E-state index in [0.29, 0.717) is 12.5 Å². The van der Waals surface area contributed by atoms with Gasteiger partial charge in [-0.2, -0.15) is 0 Å². The molecule has 0 aliphatic rings. The summed E-state index contributed by atoms with van der Waals surface area (Å²) in [4.78, 5) is 11.6. The van der Waals surface area contributed by atoms with Crippen LogP contribution in [0.2, 0.25) is 0 Å². The highest BCUT2D eigenvalue weighted by molar-refractivity contribution is 5.67. The smallest absolute Gasteiger partial charge is 0.407 e. The molecule has 1 amide bonds. The molecule has 0 heterocycles. The lowest BCUT2D eigenvalue weighted by Crippen LogP contribution is -2.34. The lowest BCUT2D eigenvalue weighted by atomic mass is 10.00. The molecule has 1 aromatic rings. The molecule has 3 nitrogen and oxygen atoms in total. The summed E-state index contributed by atoms with van der Waals surface area (Å²) in [6, 6.07) is 9.77. The summed E-state index contributed by atoms with van der Waals surface area (Å²) in [6.07, 6.45) is 3.44. The summed E-state index contributed by atoms with van der Waals surface area (Å²) >= 11 is 0. The number of rotatable bonds is 7. The largest absolute Gasteiger partial charge is 0.445 e. The molecular weight excluding hydrogens is 238 g/mol. The van der Waals surface area contributed by atoms with E-state index < -0.39 is 0 Å². The van der Waals surface area contributed by atoms with Gasteiger partial charge in [-0.1, -0.05) is 43.3 Å². The SMILES string of the molecule is C=CC[C@@H](C)C[C@@H](C)NC(=O)OCc1ccccc1. The number of nitrogens with one attached hydrogen (secondary N) is 1. The number of hydrogen-bond acceptors (Lipinski definition) is 2. The first-order valence-electron chi connectivity index (χ1n) is 6.70. The molecular formula is C16H23NO2. The molecule has 0 saturated heterocycles. The quantitative estimate of drug-likeness (QED) is 0.756. The third kappa shape index (κ3) is 6.65. The summed E-state index contributed by atoms with van der Waals surface area (Å²) in [5.41, 5.74) is 0.991. The maximum absolute atomic E-state index is 11.6. The van der Waals surface area contributed by atoms with Crippen molar-refractivity contribution in [1.29, 1.82) is 0 Å². The zero-order chi connectivity index (χ0) is 14.1. The molecule has 1 N–H and O–H groups in total. The van der Waals surface area contributed by atoms with E-state index in [-0.39, 0.29) is 12.1 Å². The summed E-state index contributed by atoms with van der Waals surface area (Å²) in [7, 11) is 0. The van der Waals surface area contributed by atoms with Gasteiger partial charge in [0.2, 0.25) is 0 Å². The molecule has 0 aliphatic heterocycles. The van der Waals surface area contributed by atoms with Crippen molar-refractivity contribution in [2.45, 2.75) is 39.3 Å². The van der Waals surface area contributed by atoms with E-state index >= 15 is 0 Å². The van der Waals surface area contributed by atoms with Crippen LogP contribution in [0.1, 0.15) is 32.3 Å². The molecule has 2 atom stereocenters. The van der Waals surface area contributed by atoms with Gasteiger partial charge in [0.05, 0.1) is 0 Å². The van der Waals surface area contributed by atoms with Gasteiger partial charge in [-0.05, 0) is 31.2 Å². The molecule has 1 rings (SSSR count). The average Bonchev–Trinajstić information content (AvgIpc) is 2.37. The van der Waals surface area contributed by atoms with Crippen molar-refractivity contribution in [3.05, 3.63) is 48.6 Å². The van der Waals surface area contributed by atoms with Gasteiger partial charge < -0.3 is 10.1 Å². The number of ether oxygens (including phenoxy) is 1. The second kappa shape index (κ2) is 8.35. The van der Waals surface area contributed by atoms with Crippen LogP contribution in [0.25, 0.3) is 0 Å². The second-order valence-corrected chi connectivity index (χ2v) is 4.97. The van der Waals surface area contributed by atoms with Crippen LogP contribution in [-0.4, -0.2) is 12.1 Å². The number of carbonyl (C=O) groups excluding carboxylic acids is 1. The molecule has 3 heteroatoms. The molecule has 19 heavy (non-hydrogen) atoms. The van der Waals surface area contributed by atoms with Crippen molar-refractivity contribution in [2.75, 3.05) is 0 Å². The molecule has 0 unspecified atom stereocenters. The number of alkyl carbamates (subject to hydrolysis) is 1. The molecule has 0 aromatic heterocycles. The van der Waals surface area contributed by atoms with Gasteiger partial charge in [-0.3, -0.25) is 0 Å². The Morgan fingerprint density at radius 2 is 2.05 bits per heavy atom. The van der Waals surface area contributed by atoms with Crippen LogP contribution in [0.5, 0.6) is 0 Å². The topological polar surface area (TPSA) is 38.3 Å². The fourth-order valence-electron chi connectivity index (χ4n) is 2.01. The Morgan fingerprint density at radius 3 is 2.68 bits per heavy atom. The first-order chi connectivity index (χ1) is 9.11. The lowest BCUT2D eigenvalue weighted by Gasteiger charge is -2.17. The van der Waals surface area contributed by atoms with Crippen molar-refractivity contribution in [1.82, 2.24) is 5.32 Å². The number of allylic oxidation sites excluding steroid dienone is 1. The van der Waals surface area contributed by atoms with E-state index in [1.807, 2.05) is 43.3 Å². The van der Waals surface area contributed by atoms with E-state index in [2.05, 4.69) is 18.8 Å². The number of amides is 1. The number of benzene rings is 1. The zero-order valence-corrected chi connectivity index (χ0v) is 11.8. The van der Waals surface area contributed by atoms with Crippen LogP contribution < -0.4 is 5.32 Å². The van der Waals surface area contributed by atoms with Crippen molar-refractivity contribution in [2.24, 2.45) is 5.92 Å².